The van der Waals surface area contributed by atoms with Gasteiger partial charge in [-0.25, -0.2) is 0 Å². The fraction of sp³-hybridized carbons (Fsp3) is 0.882. The standard InChI is InChI=1S/C17H29NO3/c1-3-12-9-13(14(10-12)16(20)21)15(19)18-11-17(4-2)7-5-6-8-17/h12-14H,3-11H2,1-2H3,(H,18,19)(H,20,21)/t12?,13-,14+/m0/s1. The molecule has 3 atom stereocenters. The highest BCUT2D eigenvalue weighted by atomic mass is 16.4. The van der Waals surface area contributed by atoms with Crippen LogP contribution in [-0.4, -0.2) is 23.5 Å². The minimum absolute atomic E-state index is 0.0296. The number of carboxylic acid groups (broad SMARTS) is 1. The van der Waals surface area contributed by atoms with Crippen LogP contribution in [0.25, 0.3) is 0 Å². The second-order valence-electron chi connectivity index (χ2n) is 7.08. The molecular weight excluding hydrogens is 266 g/mol. The van der Waals surface area contributed by atoms with Crippen molar-refractivity contribution in [2.24, 2.45) is 23.2 Å². The predicted octanol–water partition coefficient (Wildman–Crippen LogP) is 3.21. The maximum absolute atomic E-state index is 12.5. The zero-order valence-corrected chi connectivity index (χ0v) is 13.4. The van der Waals surface area contributed by atoms with E-state index in [1.807, 2.05) is 0 Å². The molecule has 120 valence electrons. The average molecular weight is 295 g/mol. The number of nitrogens with one attached hydrogen (secondary N) is 1. The van der Waals surface area contributed by atoms with Gasteiger partial charge in [-0.3, -0.25) is 9.59 Å². The van der Waals surface area contributed by atoms with E-state index in [4.69, 9.17) is 0 Å². The number of carboxylic acids is 1. The molecule has 0 heterocycles. The Kier molecular flexibility index (Phi) is 5.28. The van der Waals surface area contributed by atoms with Crippen molar-refractivity contribution in [3.05, 3.63) is 0 Å². The van der Waals surface area contributed by atoms with Crippen LogP contribution < -0.4 is 5.32 Å². The lowest BCUT2D eigenvalue weighted by Gasteiger charge is -2.28. The first-order chi connectivity index (χ1) is 10.0. The van der Waals surface area contributed by atoms with Crippen molar-refractivity contribution in [3.8, 4) is 0 Å². The largest absolute Gasteiger partial charge is 0.481 e. The van der Waals surface area contributed by atoms with E-state index < -0.39 is 11.9 Å². The Morgan fingerprint density at radius 3 is 2.29 bits per heavy atom. The van der Waals surface area contributed by atoms with E-state index in [1.54, 1.807) is 0 Å². The van der Waals surface area contributed by atoms with Crippen molar-refractivity contribution in [1.29, 1.82) is 0 Å². The second kappa shape index (κ2) is 6.80. The average Bonchev–Trinajstić information content (AvgIpc) is 3.12. The van der Waals surface area contributed by atoms with Crippen LogP contribution in [-0.2, 0) is 9.59 Å². The van der Waals surface area contributed by atoms with Gasteiger partial charge in [-0.15, -0.1) is 0 Å². The summed E-state index contributed by atoms with van der Waals surface area (Å²) in [6, 6.07) is 0. The molecule has 0 aliphatic heterocycles. The van der Waals surface area contributed by atoms with Gasteiger partial charge >= 0.3 is 5.97 Å². The Bertz CT molecular complexity index is 387. The molecule has 0 aromatic carbocycles. The predicted molar refractivity (Wildman–Crippen MR) is 81.8 cm³/mol. The summed E-state index contributed by atoms with van der Waals surface area (Å²) in [5.74, 6) is -1.28. The molecule has 2 aliphatic carbocycles. The first-order valence-electron chi connectivity index (χ1n) is 8.52. The molecule has 0 aromatic rings. The van der Waals surface area contributed by atoms with Gasteiger partial charge in [-0.05, 0) is 43.4 Å². The fourth-order valence-corrected chi connectivity index (χ4v) is 4.23. The molecule has 4 heteroatoms. The van der Waals surface area contributed by atoms with E-state index >= 15 is 0 Å². The molecule has 2 aliphatic rings. The van der Waals surface area contributed by atoms with Gasteiger partial charge < -0.3 is 10.4 Å². The molecule has 0 aromatic heterocycles. The van der Waals surface area contributed by atoms with Gasteiger partial charge in [-0.1, -0.05) is 33.1 Å². The number of rotatable bonds is 6. The smallest absolute Gasteiger partial charge is 0.307 e. The first kappa shape index (κ1) is 16.3. The highest BCUT2D eigenvalue weighted by Crippen LogP contribution is 2.41. The number of aliphatic carboxylic acids is 1. The molecule has 1 amide bonds. The Labute approximate surface area is 127 Å². The molecule has 0 spiro atoms. The van der Waals surface area contributed by atoms with Crippen LogP contribution in [0.1, 0.15) is 65.2 Å². The molecular formula is C17H29NO3. The molecule has 1 unspecified atom stereocenters. The fourth-order valence-electron chi connectivity index (χ4n) is 4.23. The maximum atomic E-state index is 12.5. The first-order valence-corrected chi connectivity index (χ1v) is 8.52. The summed E-state index contributed by atoms with van der Waals surface area (Å²) in [7, 11) is 0. The third kappa shape index (κ3) is 3.58. The van der Waals surface area contributed by atoms with E-state index in [9.17, 15) is 14.7 Å². The van der Waals surface area contributed by atoms with Crippen molar-refractivity contribution >= 4 is 11.9 Å². The van der Waals surface area contributed by atoms with Crippen LogP contribution in [0.15, 0.2) is 0 Å². The Morgan fingerprint density at radius 1 is 1.14 bits per heavy atom. The van der Waals surface area contributed by atoms with Gasteiger partial charge in [0.05, 0.1) is 11.8 Å². The van der Waals surface area contributed by atoms with E-state index in [0.29, 0.717) is 12.3 Å². The lowest BCUT2D eigenvalue weighted by atomic mass is 9.83. The molecule has 21 heavy (non-hydrogen) atoms. The molecule has 4 nitrogen and oxygen atoms in total. The Hall–Kier alpha value is -1.06. The highest BCUT2D eigenvalue weighted by molar-refractivity contribution is 5.85. The van der Waals surface area contributed by atoms with Crippen LogP contribution in [0.2, 0.25) is 0 Å². The van der Waals surface area contributed by atoms with Crippen molar-refractivity contribution in [1.82, 2.24) is 5.32 Å². The van der Waals surface area contributed by atoms with Crippen LogP contribution in [0.5, 0.6) is 0 Å². The second-order valence-corrected chi connectivity index (χ2v) is 7.08. The van der Waals surface area contributed by atoms with E-state index in [2.05, 4.69) is 19.2 Å². The topological polar surface area (TPSA) is 66.4 Å². The highest BCUT2D eigenvalue weighted by Gasteiger charge is 2.42. The van der Waals surface area contributed by atoms with Gasteiger partial charge in [0.25, 0.3) is 0 Å². The summed E-state index contributed by atoms with van der Waals surface area (Å²) in [5, 5.41) is 12.4. The summed E-state index contributed by atoms with van der Waals surface area (Å²) in [4.78, 5) is 23.8. The number of carbonyl (C=O) groups is 2. The Balaban J connectivity index is 1.94. The van der Waals surface area contributed by atoms with Crippen LogP contribution >= 0.6 is 0 Å². The molecule has 0 radical (unpaired) electrons. The molecule has 0 saturated heterocycles. The van der Waals surface area contributed by atoms with Gasteiger partial charge in [0, 0.05) is 6.54 Å². The zero-order chi connectivity index (χ0) is 15.5. The van der Waals surface area contributed by atoms with Crippen LogP contribution in [0.3, 0.4) is 0 Å². The SMILES string of the molecule is CCC1C[C@H](C(=O)NCC2(CC)CCCC2)[C@H](C(=O)O)C1. The molecule has 2 N–H and O–H groups in total. The Morgan fingerprint density at radius 2 is 1.76 bits per heavy atom. The van der Waals surface area contributed by atoms with Gasteiger partial charge in [0.15, 0.2) is 0 Å². The summed E-state index contributed by atoms with van der Waals surface area (Å²) < 4.78 is 0. The normalized spacial score (nSPS) is 31.2. The van der Waals surface area contributed by atoms with Crippen molar-refractivity contribution in [3.63, 3.8) is 0 Å². The third-order valence-electron chi connectivity index (χ3n) is 5.94. The van der Waals surface area contributed by atoms with Crippen molar-refractivity contribution < 1.29 is 14.7 Å². The lowest BCUT2D eigenvalue weighted by molar-refractivity contribution is -0.146. The van der Waals surface area contributed by atoms with Crippen molar-refractivity contribution in [2.75, 3.05) is 6.54 Å². The number of hydrogen-bond donors (Lipinski definition) is 2. The number of hydrogen-bond acceptors (Lipinski definition) is 2. The summed E-state index contributed by atoms with van der Waals surface area (Å²) >= 11 is 0. The third-order valence-corrected chi connectivity index (χ3v) is 5.94. The van der Waals surface area contributed by atoms with Gasteiger partial charge in [0.1, 0.15) is 0 Å². The van der Waals surface area contributed by atoms with Crippen LogP contribution in [0, 0.1) is 23.2 Å². The molecule has 2 saturated carbocycles. The quantitative estimate of drug-likeness (QED) is 0.790. The summed E-state index contributed by atoms with van der Waals surface area (Å²) in [6.45, 7) is 5.00. The van der Waals surface area contributed by atoms with Crippen LogP contribution in [0.4, 0.5) is 0 Å². The van der Waals surface area contributed by atoms with Crippen molar-refractivity contribution in [2.45, 2.75) is 65.2 Å². The summed E-state index contributed by atoms with van der Waals surface area (Å²) in [6.07, 6.45) is 8.33. The van der Waals surface area contributed by atoms with Gasteiger partial charge in [0.2, 0.25) is 5.91 Å². The van der Waals surface area contributed by atoms with E-state index in [1.165, 1.54) is 25.7 Å². The molecule has 2 fully saturated rings. The minimum Gasteiger partial charge on any atom is -0.481 e. The minimum atomic E-state index is -0.808. The number of amides is 1. The molecule has 0 bridgehead atoms. The maximum Gasteiger partial charge on any atom is 0.307 e. The number of carbonyl (C=O) groups excluding carboxylic acids is 1. The zero-order valence-electron chi connectivity index (χ0n) is 13.4. The van der Waals surface area contributed by atoms with E-state index in [-0.39, 0.29) is 17.2 Å². The summed E-state index contributed by atoms with van der Waals surface area (Å²) in [5.41, 5.74) is 0.261. The van der Waals surface area contributed by atoms with Gasteiger partial charge in [-0.2, -0.15) is 0 Å². The monoisotopic (exact) mass is 295 g/mol. The lowest BCUT2D eigenvalue weighted by Crippen LogP contribution is -2.41. The molecule has 2 rings (SSSR count). The van der Waals surface area contributed by atoms with E-state index in [0.717, 1.165) is 25.8 Å².